The van der Waals surface area contributed by atoms with E-state index in [9.17, 15) is 10.1 Å². The number of ether oxygens (including phenoxy) is 3. The Labute approximate surface area is 237 Å². The number of carbonyl (C=O) groups is 1. The standard InChI is InChI=1S/C28H31N9O4/c1-19(2)41-22-6-4-20(5-7-22)28(38)33-36-10-8-35(9-11-36)27-21(16-29)17-30-24-15-26(25(39-3)14-23(24)27)40-13-12-37-32-18-31-34-37/h4-7,14-15,17-19H,8-13H2,1-3H3,(H,33,38). The van der Waals surface area contributed by atoms with Crippen molar-refractivity contribution in [2.24, 2.45) is 0 Å². The number of amides is 1. The van der Waals surface area contributed by atoms with Crippen molar-refractivity contribution in [2.75, 3.05) is 44.8 Å². The normalized spacial score (nSPS) is 13.7. The van der Waals surface area contributed by atoms with Gasteiger partial charge in [0.25, 0.3) is 5.91 Å². The zero-order valence-electron chi connectivity index (χ0n) is 23.1. The Morgan fingerprint density at radius 2 is 1.90 bits per heavy atom. The Hall–Kier alpha value is -4.96. The van der Waals surface area contributed by atoms with Crippen LogP contribution in [0.5, 0.6) is 17.2 Å². The Kier molecular flexibility index (Phi) is 8.40. The molecule has 1 N–H and O–H groups in total. The molecule has 1 aliphatic heterocycles. The van der Waals surface area contributed by atoms with Crippen LogP contribution in [0.2, 0.25) is 0 Å². The minimum atomic E-state index is -0.182. The Morgan fingerprint density at radius 3 is 2.56 bits per heavy atom. The quantitative estimate of drug-likeness (QED) is 0.307. The molecule has 0 unspecified atom stereocenters. The van der Waals surface area contributed by atoms with Crippen LogP contribution in [0.3, 0.4) is 0 Å². The number of piperazine rings is 1. The van der Waals surface area contributed by atoms with Gasteiger partial charge in [-0.15, -0.1) is 10.2 Å². The number of nitriles is 1. The van der Waals surface area contributed by atoms with Crippen LogP contribution < -0.4 is 24.5 Å². The molecule has 1 aliphatic rings. The number of pyridine rings is 1. The lowest BCUT2D eigenvalue weighted by Crippen LogP contribution is -2.53. The number of nitrogens with one attached hydrogen (secondary N) is 1. The number of nitrogens with zero attached hydrogens (tertiary/aromatic N) is 8. The van der Waals surface area contributed by atoms with Crippen molar-refractivity contribution in [3.05, 3.63) is 60.0 Å². The summed E-state index contributed by atoms with van der Waals surface area (Å²) in [5, 5.41) is 24.1. The van der Waals surface area contributed by atoms with E-state index in [0.717, 1.165) is 16.8 Å². The second-order valence-corrected chi connectivity index (χ2v) is 9.64. The number of rotatable bonds is 10. The highest BCUT2D eigenvalue weighted by Crippen LogP contribution is 2.38. The molecule has 41 heavy (non-hydrogen) atoms. The van der Waals surface area contributed by atoms with E-state index in [1.165, 1.54) is 11.1 Å². The molecule has 0 bridgehead atoms. The van der Waals surface area contributed by atoms with Crippen LogP contribution >= 0.6 is 0 Å². The molecule has 1 fully saturated rings. The fourth-order valence-electron chi connectivity index (χ4n) is 4.62. The summed E-state index contributed by atoms with van der Waals surface area (Å²) in [7, 11) is 1.57. The summed E-state index contributed by atoms with van der Waals surface area (Å²) < 4.78 is 17.2. The molecule has 212 valence electrons. The first kappa shape index (κ1) is 27.6. The van der Waals surface area contributed by atoms with E-state index in [4.69, 9.17) is 14.2 Å². The Balaban J connectivity index is 1.28. The first-order valence-electron chi connectivity index (χ1n) is 13.3. The van der Waals surface area contributed by atoms with Crippen LogP contribution in [0.15, 0.2) is 48.9 Å². The van der Waals surface area contributed by atoms with Gasteiger partial charge in [-0.2, -0.15) is 10.1 Å². The lowest BCUT2D eigenvalue weighted by Gasteiger charge is -2.36. The summed E-state index contributed by atoms with van der Waals surface area (Å²) in [6.45, 7) is 6.99. The molecule has 5 rings (SSSR count). The van der Waals surface area contributed by atoms with Gasteiger partial charge in [-0.3, -0.25) is 15.2 Å². The monoisotopic (exact) mass is 557 g/mol. The SMILES string of the molecule is COc1cc2c(N3CCN(NC(=O)c4ccc(OC(C)C)cc4)CC3)c(C#N)cnc2cc1OCCn1ncnn1. The molecule has 3 heterocycles. The summed E-state index contributed by atoms with van der Waals surface area (Å²) in [5.74, 6) is 1.60. The summed E-state index contributed by atoms with van der Waals surface area (Å²) in [5.41, 5.74) is 5.46. The highest BCUT2D eigenvalue weighted by molar-refractivity contribution is 5.97. The smallest absolute Gasteiger partial charge is 0.265 e. The average molecular weight is 558 g/mol. The van der Waals surface area contributed by atoms with Gasteiger partial charge in [0, 0.05) is 49.4 Å². The molecule has 1 saturated heterocycles. The third-order valence-electron chi connectivity index (χ3n) is 6.53. The van der Waals surface area contributed by atoms with Crippen molar-refractivity contribution in [3.63, 3.8) is 0 Å². The topological polar surface area (TPSA) is 144 Å². The fourth-order valence-corrected chi connectivity index (χ4v) is 4.62. The van der Waals surface area contributed by atoms with Gasteiger partial charge < -0.3 is 19.1 Å². The van der Waals surface area contributed by atoms with E-state index in [0.29, 0.717) is 67.5 Å². The van der Waals surface area contributed by atoms with Crippen molar-refractivity contribution >= 4 is 22.5 Å². The molecule has 0 spiro atoms. The third-order valence-corrected chi connectivity index (χ3v) is 6.53. The molecular weight excluding hydrogens is 526 g/mol. The zero-order valence-corrected chi connectivity index (χ0v) is 23.1. The Morgan fingerprint density at radius 1 is 1.12 bits per heavy atom. The van der Waals surface area contributed by atoms with E-state index in [-0.39, 0.29) is 12.0 Å². The number of hydrazine groups is 1. The summed E-state index contributed by atoms with van der Waals surface area (Å²) in [6.07, 6.45) is 3.01. The van der Waals surface area contributed by atoms with Crippen LogP contribution in [0.4, 0.5) is 5.69 Å². The lowest BCUT2D eigenvalue weighted by atomic mass is 10.1. The minimum Gasteiger partial charge on any atom is -0.493 e. The van der Waals surface area contributed by atoms with Crippen molar-refractivity contribution in [2.45, 2.75) is 26.5 Å². The van der Waals surface area contributed by atoms with Crippen LogP contribution in [-0.4, -0.2) is 82.1 Å². The summed E-state index contributed by atoms with van der Waals surface area (Å²) >= 11 is 0. The number of tetrazole rings is 1. The molecule has 2 aromatic carbocycles. The molecule has 13 heteroatoms. The largest absolute Gasteiger partial charge is 0.493 e. The third kappa shape index (κ3) is 6.44. The van der Waals surface area contributed by atoms with Gasteiger partial charge in [0.15, 0.2) is 17.8 Å². The lowest BCUT2D eigenvalue weighted by molar-refractivity contribution is 0.0777. The average Bonchev–Trinajstić information content (AvgIpc) is 3.50. The van der Waals surface area contributed by atoms with E-state index in [1.807, 2.05) is 31.0 Å². The van der Waals surface area contributed by atoms with E-state index >= 15 is 0 Å². The molecule has 4 aromatic rings. The van der Waals surface area contributed by atoms with Gasteiger partial charge >= 0.3 is 0 Å². The van der Waals surface area contributed by atoms with Crippen molar-refractivity contribution in [1.29, 1.82) is 5.26 Å². The van der Waals surface area contributed by atoms with Crippen LogP contribution in [0.1, 0.15) is 29.8 Å². The second-order valence-electron chi connectivity index (χ2n) is 9.64. The highest BCUT2D eigenvalue weighted by Gasteiger charge is 2.24. The number of methoxy groups -OCH3 is 1. The van der Waals surface area contributed by atoms with Crippen molar-refractivity contribution < 1.29 is 19.0 Å². The van der Waals surface area contributed by atoms with E-state index in [1.54, 1.807) is 37.6 Å². The molecule has 0 saturated carbocycles. The van der Waals surface area contributed by atoms with Gasteiger partial charge in [-0.05, 0) is 49.4 Å². The van der Waals surface area contributed by atoms with Gasteiger partial charge in [-0.1, -0.05) is 0 Å². The summed E-state index contributed by atoms with van der Waals surface area (Å²) in [4.78, 5) is 20.9. The van der Waals surface area contributed by atoms with E-state index < -0.39 is 0 Å². The molecule has 0 aliphatic carbocycles. The molecule has 2 aromatic heterocycles. The predicted molar refractivity (Wildman–Crippen MR) is 150 cm³/mol. The highest BCUT2D eigenvalue weighted by atomic mass is 16.5. The van der Waals surface area contributed by atoms with Crippen molar-refractivity contribution in [3.8, 4) is 23.3 Å². The van der Waals surface area contributed by atoms with Gasteiger partial charge in [0.05, 0.1) is 36.5 Å². The fraction of sp³-hybridized carbons (Fsp3) is 0.357. The molecule has 1 amide bonds. The van der Waals surface area contributed by atoms with E-state index in [2.05, 4.69) is 36.8 Å². The number of anilines is 1. The van der Waals surface area contributed by atoms with Crippen molar-refractivity contribution in [1.82, 2.24) is 35.6 Å². The first-order valence-corrected chi connectivity index (χ1v) is 13.3. The minimum absolute atomic E-state index is 0.0652. The number of carbonyl (C=O) groups excluding carboxylic acids is 1. The van der Waals surface area contributed by atoms with Crippen LogP contribution in [0.25, 0.3) is 10.9 Å². The molecule has 0 radical (unpaired) electrons. The first-order chi connectivity index (χ1) is 19.9. The number of hydrogen-bond donors (Lipinski definition) is 1. The molecule has 0 atom stereocenters. The molecule has 13 nitrogen and oxygen atoms in total. The Bertz CT molecular complexity index is 1530. The van der Waals surface area contributed by atoms with Gasteiger partial charge in [-0.25, -0.2) is 5.01 Å². The van der Waals surface area contributed by atoms with Gasteiger partial charge in [0.2, 0.25) is 0 Å². The maximum absolute atomic E-state index is 12.8. The number of fused-ring (bicyclic) bond motifs is 1. The molecular formula is C28H31N9O4. The number of benzene rings is 2. The number of hydrogen-bond acceptors (Lipinski definition) is 11. The zero-order chi connectivity index (χ0) is 28.8. The predicted octanol–water partition coefficient (Wildman–Crippen LogP) is 2.43. The maximum atomic E-state index is 12.8. The van der Waals surface area contributed by atoms with Crippen LogP contribution in [-0.2, 0) is 6.54 Å². The number of aromatic nitrogens is 5. The summed E-state index contributed by atoms with van der Waals surface area (Å²) in [6, 6.07) is 13.0. The van der Waals surface area contributed by atoms with Gasteiger partial charge in [0.1, 0.15) is 18.4 Å². The second kappa shape index (κ2) is 12.5. The van der Waals surface area contributed by atoms with Crippen LogP contribution in [0, 0.1) is 11.3 Å². The maximum Gasteiger partial charge on any atom is 0.265 e.